The molecule has 0 spiro atoms. The third-order valence-corrected chi connectivity index (χ3v) is 5.59. The van der Waals surface area contributed by atoms with E-state index in [0.29, 0.717) is 35.2 Å². The molecule has 6 heteroatoms. The van der Waals surface area contributed by atoms with Gasteiger partial charge in [0.1, 0.15) is 5.82 Å². The second-order valence-electron chi connectivity index (χ2n) is 6.61. The summed E-state index contributed by atoms with van der Waals surface area (Å²) in [5.41, 5.74) is 3.69. The van der Waals surface area contributed by atoms with Crippen molar-refractivity contribution >= 4 is 39.9 Å². The summed E-state index contributed by atoms with van der Waals surface area (Å²) in [7, 11) is 0. The number of halogens is 1. The summed E-state index contributed by atoms with van der Waals surface area (Å²) in [6.07, 6.45) is 1.60. The van der Waals surface area contributed by atoms with Crippen LogP contribution >= 0.6 is 11.8 Å². The molecule has 0 unspecified atom stereocenters. The number of carbonyl (C=O) groups is 1. The highest BCUT2D eigenvalue weighted by atomic mass is 32.2. The van der Waals surface area contributed by atoms with Gasteiger partial charge in [-0.25, -0.2) is 4.39 Å². The van der Waals surface area contributed by atoms with Crippen LogP contribution in [-0.2, 0) is 0 Å². The molecule has 2 heterocycles. The maximum Gasteiger partial charge on any atom is 0.257 e. The van der Waals surface area contributed by atoms with Gasteiger partial charge in [0.25, 0.3) is 5.91 Å². The fourth-order valence-electron chi connectivity index (χ4n) is 3.27. The number of fused-ring (bicyclic) bond motifs is 1. The first kappa shape index (κ1) is 17.8. The standard InChI is InChI=1S/C21H20FN3OS/c1-14-3-2-4-16(11-14)24-20-17-12-15(22)5-6-19(17)23-13-18(20)21(26)25-7-9-27-10-8-25/h2-6,11-13H,7-10H2,1H3,(H,23,24). The predicted octanol–water partition coefficient (Wildman–Crippen LogP) is 4.61. The van der Waals surface area contributed by atoms with Gasteiger partial charge in [0, 0.05) is 41.9 Å². The predicted molar refractivity (Wildman–Crippen MR) is 109 cm³/mol. The first-order valence-corrected chi connectivity index (χ1v) is 10.1. The number of hydrogen-bond donors (Lipinski definition) is 1. The lowest BCUT2D eigenvalue weighted by atomic mass is 10.1. The van der Waals surface area contributed by atoms with E-state index in [1.807, 2.05) is 47.9 Å². The second kappa shape index (κ2) is 7.56. The van der Waals surface area contributed by atoms with Crippen molar-refractivity contribution < 1.29 is 9.18 Å². The zero-order valence-corrected chi connectivity index (χ0v) is 15.9. The number of aromatic nitrogens is 1. The number of rotatable bonds is 3. The molecule has 3 aromatic rings. The lowest BCUT2D eigenvalue weighted by molar-refractivity contribution is 0.0773. The van der Waals surface area contributed by atoms with Gasteiger partial charge >= 0.3 is 0 Å². The fraction of sp³-hybridized carbons (Fsp3) is 0.238. The van der Waals surface area contributed by atoms with E-state index in [9.17, 15) is 9.18 Å². The third-order valence-electron chi connectivity index (χ3n) is 4.65. The summed E-state index contributed by atoms with van der Waals surface area (Å²) in [6, 6.07) is 12.3. The molecule has 0 atom stereocenters. The molecule has 1 amide bonds. The molecule has 1 aliphatic heterocycles. The highest BCUT2D eigenvalue weighted by molar-refractivity contribution is 7.99. The SMILES string of the molecule is Cc1cccc(Nc2c(C(=O)N3CCSCC3)cnc3ccc(F)cc23)c1. The topological polar surface area (TPSA) is 45.2 Å². The molecule has 2 aromatic carbocycles. The molecule has 1 N–H and O–H groups in total. The Morgan fingerprint density at radius 1 is 1.19 bits per heavy atom. The van der Waals surface area contributed by atoms with Crippen molar-refractivity contribution in [2.24, 2.45) is 0 Å². The van der Waals surface area contributed by atoms with Crippen molar-refractivity contribution in [3.63, 3.8) is 0 Å². The molecule has 4 rings (SSSR count). The van der Waals surface area contributed by atoms with Crippen molar-refractivity contribution in [1.82, 2.24) is 9.88 Å². The first-order valence-electron chi connectivity index (χ1n) is 8.91. The Labute approximate surface area is 161 Å². The van der Waals surface area contributed by atoms with E-state index < -0.39 is 0 Å². The van der Waals surface area contributed by atoms with E-state index in [1.54, 1.807) is 12.3 Å². The Balaban J connectivity index is 1.83. The summed E-state index contributed by atoms with van der Waals surface area (Å²) < 4.78 is 14.0. The molecular weight excluding hydrogens is 361 g/mol. The average Bonchev–Trinajstić information content (AvgIpc) is 2.68. The number of benzene rings is 2. The Bertz CT molecular complexity index is 1000. The van der Waals surface area contributed by atoms with Gasteiger partial charge in [-0.3, -0.25) is 9.78 Å². The van der Waals surface area contributed by atoms with E-state index in [-0.39, 0.29) is 11.7 Å². The number of carbonyl (C=O) groups excluding carboxylic acids is 1. The lowest BCUT2D eigenvalue weighted by Crippen LogP contribution is -2.38. The van der Waals surface area contributed by atoms with E-state index >= 15 is 0 Å². The van der Waals surface area contributed by atoms with Gasteiger partial charge in [-0.05, 0) is 42.8 Å². The summed E-state index contributed by atoms with van der Waals surface area (Å²) in [5, 5.41) is 3.95. The molecule has 138 valence electrons. The number of amides is 1. The Kier molecular flexibility index (Phi) is 4.99. The number of anilines is 2. The number of thioether (sulfide) groups is 1. The summed E-state index contributed by atoms with van der Waals surface area (Å²) in [5.74, 6) is 1.45. The van der Waals surface area contributed by atoms with Crippen LogP contribution in [0.1, 0.15) is 15.9 Å². The quantitative estimate of drug-likeness (QED) is 0.719. The van der Waals surface area contributed by atoms with Gasteiger partial charge in [-0.1, -0.05) is 12.1 Å². The maximum atomic E-state index is 14.0. The van der Waals surface area contributed by atoms with E-state index in [2.05, 4.69) is 10.3 Å². The number of nitrogens with zero attached hydrogens (tertiary/aromatic N) is 2. The monoisotopic (exact) mass is 381 g/mol. The van der Waals surface area contributed by atoms with E-state index in [0.717, 1.165) is 22.8 Å². The number of aryl methyl sites for hydroxylation is 1. The van der Waals surface area contributed by atoms with Gasteiger partial charge in [0.2, 0.25) is 0 Å². The molecule has 0 aliphatic carbocycles. The van der Waals surface area contributed by atoms with E-state index in [1.165, 1.54) is 12.1 Å². The summed E-state index contributed by atoms with van der Waals surface area (Å²) >= 11 is 1.85. The molecule has 1 saturated heterocycles. The molecule has 1 aromatic heterocycles. The molecule has 0 saturated carbocycles. The van der Waals surface area contributed by atoms with Crippen molar-refractivity contribution in [3.8, 4) is 0 Å². The number of hydrogen-bond acceptors (Lipinski definition) is 4. The second-order valence-corrected chi connectivity index (χ2v) is 7.83. The third kappa shape index (κ3) is 3.76. The van der Waals surface area contributed by atoms with Crippen LogP contribution in [0.25, 0.3) is 10.9 Å². The van der Waals surface area contributed by atoms with Gasteiger partial charge in [-0.15, -0.1) is 0 Å². The van der Waals surface area contributed by atoms with Crippen LogP contribution in [0, 0.1) is 12.7 Å². The van der Waals surface area contributed by atoms with Crippen molar-refractivity contribution in [2.45, 2.75) is 6.92 Å². The lowest BCUT2D eigenvalue weighted by Gasteiger charge is -2.27. The first-order chi connectivity index (χ1) is 13.1. The molecule has 1 aliphatic rings. The minimum atomic E-state index is -0.351. The molecule has 0 bridgehead atoms. The molecule has 4 nitrogen and oxygen atoms in total. The highest BCUT2D eigenvalue weighted by Gasteiger charge is 2.23. The average molecular weight is 381 g/mol. The van der Waals surface area contributed by atoms with Crippen LogP contribution < -0.4 is 5.32 Å². The number of pyridine rings is 1. The minimum Gasteiger partial charge on any atom is -0.354 e. The van der Waals surface area contributed by atoms with Gasteiger partial charge < -0.3 is 10.2 Å². The van der Waals surface area contributed by atoms with Gasteiger partial charge in [0.05, 0.1) is 16.8 Å². The molecular formula is C21H20FN3OS. The van der Waals surface area contributed by atoms with Crippen LogP contribution in [0.3, 0.4) is 0 Å². The smallest absolute Gasteiger partial charge is 0.257 e. The van der Waals surface area contributed by atoms with Crippen molar-refractivity contribution in [3.05, 3.63) is 65.6 Å². The van der Waals surface area contributed by atoms with E-state index in [4.69, 9.17) is 0 Å². The molecule has 27 heavy (non-hydrogen) atoms. The van der Waals surface area contributed by atoms with Crippen LogP contribution in [0.15, 0.2) is 48.7 Å². The minimum absolute atomic E-state index is 0.0656. The zero-order chi connectivity index (χ0) is 18.8. The summed E-state index contributed by atoms with van der Waals surface area (Å²) in [4.78, 5) is 19.4. The molecule has 1 fully saturated rings. The largest absolute Gasteiger partial charge is 0.354 e. The van der Waals surface area contributed by atoms with Crippen LogP contribution in [0.2, 0.25) is 0 Å². The van der Waals surface area contributed by atoms with Crippen LogP contribution in [0.5, 0.6) is 0 Å². The maximum absolute atomic E-state index is 14.0. The molecule has 0 radical (unpaired) electrons. The van der Waals surface area contributed by atoms with Crippen LogP contribution in [0.4, 0.5) is 15.8 Å². The fourth-order valence-corrected chi connectivity index (χ4v) is 4.17. The van der Waals surface area contributed by atoms with Crippen LogP contribution in [-0.4, -0.2) is 40.4 Å². The Morgan fingerprint density at radius 2 is 2.00 bits per heavy atom. The van der Waals surface area contributed by atoms with Gasteiger partial charge in [-0.2, -0.15) is 11.8 Å². The zero-order valence-electron chi connectivity index (χ0n) is 15.0. The highest BCUT2D eigenvalue weighted by Crippen LogP contribution is 2.31. The Morgan fingerprint density at radius 3 is 2.78 bits per heavy atom. The Hall–Kier alpha value is -2.60. The van der Waals surface area contributed by atoms with Crippen molar-refractivity contribution in [2.75, 3.05) is 29.9 Å². The number of nitrogens with one attached hydrogen (secondary N) is 1. The van der Waals surface area contributed by atoms with Gasteiger partial charge in [0.15, 0.2) is 0 Å². The summed E-state index contributed by atoms with van der Waals surface area (Å²) in [6.45, 7) is 3.44. The normalized spacial score (nSPS) is 14.4. The van der Waals surface area contributed by atoms with Crippen molar-refractivity contribution in [1.29, 1.82) is 0 Å².